The molecular weight excluding hydrogens is 466 g/mol. The molecule has 3 amide bonds. The fourth-order valence-corrected chi connectivity index (χ4v) is 5.99. The fraction of sp³-hybridized carbons (Fsp3) is 0.760. The zero-order valence-electron chi connectivity index (χ0n) is 22.6. The van der Waals surface area contributed by atoms with Crippen LogP contribution in [0.1, 0.15) is 47.0 Å². The lowest BCUT2D eigenvalue weighted by molar-refractivity contribution is -0.141. The summed E-state index contributed by atoms with van der Waals surface area (Å²) < 4.78 is 11.6. The second-order valence-corrected chi connectivity index (χ2v) is 16.3. The Bertz CT molecular complexity index is 838. The van der Waals surface area contributed by atoms with Crippen LogP contribution in [0.25, 0.3) is 0 Å². The molecule has 10 heteroatoms. The number of nitrogens with one attached hydrogen (secondary N) is 1. The highest BCUT2D eigenvalue weighted by molar-refractivity contribution is 6.74. The van der Waals surface area contributed by atoms with Crippen LogP contribution in [0.2, 0.25) is 18.1 Å². The summed E-state index contributed by atoms with van der Waals surface area (Å²) in [5, 5.41) is 2.89. The van der Waals surface area contributed by atoms with Crippen molar-refractivity contribution in [2.75, 3.05) is 27.2 Å². The highest BCUT2D eigenvalue weighted by Gasteiger charge is 2.48. The highest BCUT2D eigenvalue weighted by Crippen LogP contribution is 2.39. The molecule has 0 spiro atoms. The third-order valence-corrected chi connectivity index (χ3v) is 12.1. The standard InChI is InChI=1S/C25H43N3O6Si/c1-10-11-33-24(32)28-15-17(13-20(28)23(31)27(6)7)12-18(29)14-19-21(22(30)26-19)16(2)34-35(8,9)25(3,4)5/h10,16-17,19-21H,1,11-15H2,2-9H3,(H,26,30)/t16-,17+,19-,20+,21-/m1/s1. The molecule has 2 fully saturated rings. The van der Waals surface area contributed by atoms with Gasteiger partial charge in [0.15, 0.2) is 8.32 Å². The fourth-order valence-electron chi connectivity index (χ4n) is 4.56. The number of likely N-dealkylation sites (tertiary alicyclic amines) is 1. The van der Waals surface area contributed by atoms with Gasteiger partial charge in [-0.1, -0.05) is 33.4 Å². The van der Waals surface area contributed by atoms with Crippen LogP contribution in [0, 0.1) is 11.8 Å². The maximum Gasteiger partial charge on any atom is 0.410 e. The van der Waals surface area contributed by atoms with Crippen molar-refractivity contribution in [1.29, 1.82) is 0 Å². The smallest absolute Gasteiger partial charge is 0.410 e. The SMILES string of the molecule is C=CCOC(=O)N1C[C@@H](CC(=O)C[C@H]2NC(=O)[C@@H]2[C@@H](C)O[Si](C)(C)C(C)(C)C)C[C@H]1C(=O)N(C)C. The first-order chi connectivity index (χ1) is 16.1. The minimum atomic E-state index is -2.05. The summed E-state index contributed by atoms with van der Waals surface area (Å²) in [5.74, 6) is -0.782. The van der Waals surface area contributed by atoms with E-state index in [1.165, 1.54) is 15.9 Å². The predicted molar refractivity (Wildman–Crippen MR) is 136 cm³/mol. The van der Waals surface area contributed by atoms with Crippen molar-refractivity contribution in [3.8, 4) is 0 Å². The molecule has 2 aliphatic heterocycles. The van der Waals surface area contributed by atoms with Crippen molar-refractivity contribution in [1.82, 2.24) is 15.1 Å². The Balaban J connectivity index is 1.99. The van der Waals surface area contributed by atoms with Crippen molar-refractivity contribution >= 4 is 32.0 Å². The van der Waals surface area contributed by atoms with Gasteiger partial charge in [-0.15, -0.1) is 0 Å². The van der Waals surface area contributed by atoms with Gasteiger partial charge in [0.2, 0.25) is 11.8 Å². The molecule has 198 valence electrons. The Kier molecular flexibility index (Phi) is 9.32. The molecule has 0 aromatic heterocycles. The first-order valence-corrected chi connectivity index (χ1v) is 15.2. The summed E-state index contributed by atoms with van der Waals surface area (Å²) >= 11 is 0. The summed E-state index contributed by atoms with van der Waals surface area (Å²) in [6, 6.07) is -0.918. The van der Waals surface area contributed by atoms with Crippen LogP contribution in [0.3, 0.4) is 0 Å². The Morgan fingerprint density at radius 3 is 2.40 bits per heavy atom. The number of likely N-dealkylation sites (N-methyl/N-ethyl adjacent to an activating group) is 1. The van der Waals surface area contributed by atoms with Gasteiger partial charge in [0.05, 0.1) is 12.0 Å². The third-order valence-electron chi connectivity index (χ3n) is 7.49. The van der Waals surface area contributed by atoms with Gasteiger partial charge < -0.3 is 19.4 Å². The molecule has 0 aromatic rings. The van der Waals surface area contributed by atoms with Gasteiger partial charge in [-0.3, -0.25) is 19.3 Å². The van der Waals surface area contributed by atoms with E-state index >= 15 is 0 Å². The number of β-lactam (4-membered cyclic amide) rings is 1. The van der Waals surface area contributed by atoms with Crippen LogP contribution in [-0.4, -0.2) is 87.2 Å². The number of hydrogen-bond acceptors (Lipinski definition) is 6. The first-order valence-electron chi connectivity index (χ1n) is 12.3. The lowest BCUT2D eigenvalue weighted by atomic mass is 9.82. The van der Waals surface area contributed by atoms with Crippen molar-refractivity contribution in [3.63, 3.8) is 0 Å². The Hall–Kier alpha value is -2.20. The molecule has 0 unspecified atom stereocenters. The first kappa shape index (κ1) is 29.0. The Morgan fingerprint density at radius 1 is 1.26 bits per heavy atom. The molecule has 2 saturated heterocycles. The molecule has 0 saturated carbocycles. The third kappa shape index (κ3) is 6.94. The van der Waals surface area contributed by atoms with E-state index in [9.17, 15) is 19.2 Å². The van der Waals surface area contributed by atoms with Gasteiger partial charge in [0, 0.05) is 39.5 Å². The van der Waals surface area contributed by atoms with E-state index in [0.29, 0.717) is 6.42 Å². The normalized spacial score (nSPS) is 25.4. The van der Waals surface area contributed by atoms with E-state index in [0.717, 1.165) is 0 Å². The largest absolute Gasteiger partial charge is 0.445 e. The molecule has 5 atom stereocenters. The summed E-state index contributed by atoms with van der Waals surface area (Å²) in [7, 11) is 1.22. The molecular formula is C25H43N3O6Si. The number of amides is 3. The van der Waals surface area contributed by atoms with E-state index in [-0.39, 0.29) is 72.6 Å². The zero-order valence-corrected chi connectivity index (χ0v) is 23.6. The number of rotatable bonds is 10. The quantitative estimate of drug-likeness (QED) is 0.276. The van der Waals surface area contributed by atoms with E-state index in [1.807, 2.05) is 6.92 Å². The Labute approximate surface area is 210 Å². The summed E-state index contributed by atoms with van der Waals surface area (Å²) in [6.07, 6.45) is 1.47. The van der Waals surface area contributed by atoms with Crippen LogP contribution in [-0.2, 0) is 23.5 Å². The zero-order chi connectivity index (χ0) is 26.7. The van der Waals surface area contributed by atoms with Gasteiger partial charge in [-0.05, 0) is 37.4 Å². The highest BCUT2D eigenvalue weighted by atomic mass is 28.4. The topological polar surface area (TPSA) is 105 Å². The average Bonchev–Trinajstić information content (AvgIpc) is 3.12. The van der Waals surface area contributed by atoms with Gasteiger partial charge in [0.25, 0.3) is 0 Å². The minimum absolute atomic E-state index is 0.00175. The van der Waals surface area contributed by atoms with Gasteiger partial charge in [-0.2, -0.15) is 0 Å². The maximum atomic E-state index is 13.0. The molecule has 9 nitrogen and oxygen atoms in total. The minimum Gasteiger partial charge on any atom is -0.445 e. The van der Waals surface area contributed by atoms with E-state index in [1.54, 1.807) is 14.1 Å². The van der Waals surface area contributed by atoms with Gasteiger partial charge in [0.1, 0.15) is 18.4 Å². The number of nitrogens with zero attached hydrogens (tertiary/aromatic N) is 2. The van der Waals surface area contributed by atoms with Gasteiger partial charge in [-0.25, -0.2) is 4.79 Å². The Morgan fingerprint density at radius 2 is 1.89 bits per heavy atom. The molecule has 1 N–H and O–H groups in total. The molecule has 0 aliphatic carbocycles. The molecule has 2 heterocycles. The number of ether oxygens (including phenoxy) is 1. The number of hydrogen-bond donors (Lipinski definition) is 1. The number of Topliss-reactive ketones (excluding diaryl/α,β-unsaturated/α-hetero) is 1. The van der Waals surface area contributed by atoms with Crippen LogP contribution >= 0.6 is 0 Å². The average molecular weight is 510 g/mol. The monoisotopic (exact) mass is 509 g/mol. The molecule has 0 aromatic carbocycles. The van der Waals surface area contributed by atoms with Crippen molar-refractivity contribution in [2.45, 2.75) is 83.3 Å². The van der Waals surface area contributed by atoms with Crippen molar-refractivity contribution < 1.29 is 28.3 Å². The van der Waals surface area contributed by atoms with Gasteiger partial charge >= 0.3 is 6.09 Å². The predicted octanol–water partition coefficient (Wildman–Crippen LogP) is 2.96. The number of carbonyl (C=O) groups excluding carboxylic acids is 4. The summed E-state index contributed by atoms with van der Waals surface area (Å²) in [5.41, 5.74) is 0. The molecule has 2 aliphatic rings. The van der Waals surface area contributed by atoms with Crippen LogP contribution in [0.5, 0.6) is 0 Å². The van der Waals surface area contributed by atoms with E-state index in [2.05, 4.69) is 45.8 Å². The molecule has 0 bridgehead atoms. The van der Waals surface area contributed by atoms with Crippen LogP contribution < -0.4 is 5.32 Å². The summed E-state index contributed by atoms with van der Waals surface area (Å²) in [6.45, 7) is 16.5. The van der Waals surface area contributed by atoms with Crippen LogP contribution in [0.15, 0.2) is 12.7 Å². The molecule has 2 rings (SSSR count). The molecule has 35 heavy (non-hydrogen) atoms. The second-order valence-electron chi connectivity index (χ2n) is 11.5. The van der Waals surface area contributed by atoms with E-state index < -0.39 is 20.5 Å². The van der Waals surface area contributed by atoms with Crippen molar-refractivity contribution in [2.24, 2.45) is 11.8 Å². The molecule has 0 radical (unpaired) electrons. The second kappa shape index (κ2) is 11.2. The van der Waals surface area contributed by atoms with E-state index in [4.69, 9.17) is 9.16 Å². The number of carbonyl (C=O) groups is 4. The van der Waals surface area contributed by atoms with Crippen LogP contribution in [0.4, 0.5) is 4.79 Å². The maximum absolute atomic E-state index is 13.0. The summed E-state index contributed by atoms with van der Waals surface area (Å²) in [4.78, 5) is 53.3. The lowest BCUT2D eigenvalue weighted by Crippen LogP contribution is -2.64. The lowest BCUT2D eigenvalue weighted by Gasteiger charge is -2.45. The number of ketones is 1. The van der Waals surface area contributed by atoms with Crippen molar-refractivity contribution in [3.05, 3.63) is 12.7 Å².